The minimum atomic E-state index is -0.161. The van der Waals surface area contributed by atoms with E-state index in [1.54, 1.807) is 0 Å². The van der Waals surface area contributed by atoms with Crippen LogP contribution in [0, 0.1) is 13.8 Å². The molecule has 0 aliphatic heterocycles. The minimum absolute atomic E-state index is 0.161. The van der Waals surface area contributed by atoms with Gasteiger partial charge in [0, 0.05) is 17.8 Å². The first-order chi connectivity index (χ1) is 8.50. The molecule has 2 N–H and O–H groups in total. The number of aromatic nitrogens is 2. The van der Waals surface area contributed by atoms with Crippen molar-refractivity contribution in [2.45, 2.75) is 59.0 Å². The van der Waals surface area contributed by atoms with Crippen molar-refractivity contribution in [3.05, 3.63) is 17.5 Å². The average molecular weight is 253 g/mol. The Hall–Kier alpha value is -0.870. The topological polar surface area (TPSA) is 50.1 Å². The van der Waals surface area contributed by atoms with Gasteiger partial charge in [0.1, 0.15) is 0 Å². The van der Waals surface area contributed by atoms with E-state index in [4.69, 9.17) is 0 Å². The zero-order chi connectivity index (χ0) is 13.6. The normalized spacial score (nSPS) is 14.7. The molecule has 0 saturated carbocycles. The standard InChI is InChI=1S/C14H27N3O/c1-5-8-15-14(4,11-18)7-6-9-17-13(3)10-12(2)16-17/h10,15,18H,5-9,11H2,1-4H3. The molecule has 1 rings (SSSR count). The first-order valence-corrected chi connectivity index (χ1v) is 6.87. The van der Waals surface area contributed by atoms with Crippen molar-refractivity contribution in [3.63, 3.8) is 0 Å². The molecule has 1 aromatic rings. The van der Waals surface area contributed by atoms with Crippen LogP contribution < -0.4 is 5.32 Å². The molecule has 4 nitrogen and oxygen atoms in total. The smallest absolute Gasteiger partial charge is 0.0610 e. The first-order valence-electron chi connectivity index (χ1n) is 6.87. The molecular formula is C14H27N3O. The van der Waals surface area contributed by atoms with Crippen molar-refractivity contribution in [3.8, 4) is 0 Å². The molecule has 4 heteroatoms. The molecule has 0 aliphatic rings. The second-order valence-corrected chi connectivity index (χ2v) is 5.40. The highest BCUT2D eigenvalue weighted by Gasteiger charge is 2.21. The van der Waals surface area contributed by atoms with Crippen LogP contribution in [0.2, 0.25) is 0 Å². The summed E-state index contributed by atoms with van der Waals surface area (Å²) < 4.78 is 2.05. The van der Waals surface area contributed by atoms with E-state index in [2.05, 4.69) is 37.3 Å². The molecule has 1 aromatic heterocycles. The predicted octanol–water partition coefficient (Wildman–Crippen LogP) is 2.03. The fraction of sp³-hybridized carbons (Fsp3) is 0.786. The Morgan fingerprint density at radius 1 is 1.44 bits per heavy atom. The van der Waals surface area contributed by atoms with E-state index < -0.39 is 0 Å². The third-order valence-electron chi connectivity index (χ3n) is 3.35. The van der Waals surface area contributed by atoms with Gasteiger partial charge in [-0.15, -0.1) is 0 Å². The van der Waals surface area contributed by atoms with E-state index in [0.29, 0.717) is 0 Å². The van der Waals surface area contributed by atoms with Gasteiger partial charge in [-0.1, -0.05) is 6.92 Å². The summed E-state index contributed by atoms with van der Waals surface area (Å²) in [7, 11) is 0. The van der Waals surface area contributed by atoms with Crippen LogP contribution >= 0.6 is 0 Å². The van der Waals surface area contributed by atoms with E-state index in [1.807, 2.05) is 11.6 Å². The second-order valence-electron chi connectivity index (χ2n) is 5.40. The number of aliphatic hydroxyl groups excluding tert-OH is 1. The molecule has 0 fully saturated rings. The quantitative estimate of drug-likeness (QED) is 0.745. The fourth-order valence-electron chi connectivity index (χ4n) is 2.17. The van der Waals surface area contributed by atoms with Crippen molar-refractivity contribution in [2.24, 2.45) is 0 Å². The maximum absolute atomic E-state index is 9.48. The van der Waals surface area contributed by atoms with Crippen LogP contribution in [0.3, 0.4) is 0 Å². The zero-order valence-corrected chi connectivity index (χ0v) is 12.2. The van der Waals surface area contributed by atoms with Crippen molar-refractivity contribution in [2.75, 3.05) is 13.2 Å². The van der Waals surface area contributed by atoms with Crippen molar-refractivity contribution in [1.82, 2.24) is 15.1 Å². The maximum Gasteiger partial charge on any atom is 0.0610 e. The van der Waals surface area contributed by atoms with Gasteiger partial charge in [0.05, 0.1) is 12.3 Å². The van der Waals surface area contributed by atoms with E-state index >= 15 is 0 Å². The summed E-state index contributed by atoms with van der Waals surface area (Å²) >= 11 is 0. The number of hydrogen-bond donors (Lipinski definition) is 2. The van der Waals surface area contributed by atoms with Gasteiger partial charge in [-0.2, -0.15) is 5.10 Å². The predicted molar refractivity (Wildman–Crippen MR) is 74.7 cm³/mol. The van der Waals surface area contributed by atoms with Crippen LogP contribution in [0.4, 0.5) is 0 Å². The monoisotopic (exact) mass is 253 g/mol. The van der Waals surface area contributed by atoms with Crippen LogP contribution in [-0.2, 0) is 6.54 Å². The average Bonchev–Trinajstić information content (AvgIpc) is 2.65. The molecule has 18 heavy (non-hydrogen) atoms. The van der Waals surface area contributed by atoms with Crippen LogP contribution in [-0.4, -0.2) is 33.6 Å². The first kappa shape index (κ1) is 15.2. The van der Waals surface area contributed by atoms with Crippen molar-refractivity contribution >= 4 is 0 Å². The zero-order valence-electron chi connectivity index (χ0n) is 12.2. The SMILES string of the molecule is CCCNC(C)(CO)CCCn1nc(C)cc1C. The Labute approximate surface area is 110 Å². The Morgan fingerprint density at radius 2 is 2.17 bits per heavy atom. The lowest BCUT2D eigenvalue weighted by Gasteiger charge is -2.28. The van der Waals surface area contributed by atoms with Gasteiger partial charge in [0.15, 0.2) is 0 Å². The number of nitrogens with one attached hydrogen (secondary N) is 1. The highest BCUT2D eigenvalue weighted by molar-refractivity contribution is 5.06. The molecule has 0 aliphatic carbocycles. The number of rotatable bonds is 8. The lowest BCUT2D eigenvalue weighted by Crippen LogP contribution is -2.46. The number of nitrogens with zero attached hydrogens (tertiary/aromatic N) is 2. The Bertz CT molecular complexity index is 362. The molecule has 0 amide bonds. The molecule has 0 aromatic carbocycles. The number of hydrogen-bond acceptors (Lipinski definition) is 3. The van der Waals surface area contributed by atoms with Crippen LogP contribution in [0.15, 0.2) is 6.07 Å². The van der Waals surface area contributed by atoms with Gasteiger partial charge in [0.25, 0.3) is 0 Å². The second kappa shape index (κ2) is 6.90. The van der Waals surface area contributed by atoms with Gasteiger partial charge in [0.2, 0.25) is 0 Å². The van der Waals surface area contributed by atoms with Crippen LogP contribution in [0.1, 0.15) is 44.5 Å². The highest BCUT2D eigenvalue weighted by atomic mass is 16.3. The van der Waals surface area contributed by atoms with Gasteiger partial charge in [-0.05, 0) is 52.6 Å². The summed E-state index contributed by atoms with van der Waals surface area (Å²) in [5, 5.41) is 17.4. The molecule has 0 bridgehead atoms. The van der Waals surface area contributed by atoms with E-state index in [1.165, 1.54) is 5.69 Å². The van der Waals surface area contributed by atoms with Crippen LogP contribution in [0.25, 0.3) is 0 Å². The number of aliphatic hydroxyl groups is 1. The highest BCUT2D eigenvalue weighted by Crippen LogP contribution is 2.13. The van der Waals surface area contributed by atoms with Gasteiger partial charge in [-0.25, -0.2) is 0 Å². The minimum Gasteiger partial charge on any atom is -0.394 e. The van der Waals surface area contributed by atoms with Crippen molar-refractivity contribution < 1.29 is 5.11 Å². The lowest BCUT2D eigenvalue weighted by atomic mass is 9.96. The molecule has 104 valence electrons. The summed E-state index contributed by atoms with van der Waals surface area (Å²) in [6.07, 6.45) is 3.07. The Morgan fingerprint density at radius 3 is 2.67 bits per heavy atom. The van der Waals surface area contributed by atoms with Crippen LogP contribution in [0.5, 0.6) is 0 Å². The molecule has 1 heterocycles. The summed E-state index contributed by atoms with van der Waals surface area (Å²) in [5.74, 6) is 0. The van der Waals surface area contributed by atoms with Crippen molar-refractivity contribution in [1.29, 1.82) is 0 Å². The molecule has 0 saturated heterocycles. The largest absolute Gasteiger partial charge is 0.394 e. The fourth-order valence-corrected chi connectivity index (χ4v) is 2.17. The third-order valence-corrected chi connectivity index (χ3v) is 3.35. The molecule has 1 unspecified atom stereocenters. The summed E-state index contributed by atoms with van der Waals surface area (Å²) in [5.41, 5.74) is 2.12. The summed E-state index contributed by atoms with van der Waals surface area (Å²) in [4.78, 5) is 0. The Kier molecular flexibility index (Phi) is 5.82. The summed E-state index contributed by atoms with van der Waals surface area (Å²) in [6, 6.07) is 2.10. The van der Waals surface area contributed by atoms with E-state index in [0.717, 1.165) is 38.0 Å². The molecular weight excluding hydrogens is 226 g/mol. The van der Waals surface area contributed by atoms with Gasteiger partial charge in [-0.3, -0.25) is 4.68 Å². The van der Waals surface area contributed by atoms with E-state index in [-0.39, 0.29) is 12.1 Å². The van der Waals surface area contributed by atoms with Gasteiger partial charge >= 0.3 is 0 Å². The number of aryl methyl sites for hydroxylation is 3. The Balaban J connectivity index is 2.41. The van der Waals surface area contributed by atoms with Gasteiger partial charge < -0.3 is 10.4 Å². The maximum atomic E-state index is 9.48. The summed E-state index contributed by atoms with van der Waals surface area (Å²) in [6.45, 7) is 10.4. The third kappa shape index (κ3) is 4.42. The molecule has 0 radical (unpaired) electrons. The molecule has 1 atom stereocenters. The lowest BCUT2D eigenvalue weighted by molar-refractivity contribution is 0.162. The molecule has 0 spiro atoms. The van der Waals surface area contributed by atoms with E-state index in [9.17, 15) is 5.11 Å².